The molecule has 0 aliphatic heterocycles. The number of hydrogen-bond acceptors (Lipinski definition) is 3. The molecule has 21 heavy (non-hydrogen) atoms. The molecule has 0 spiro atoms. The largest absolute Gasteiger partial charge is 0.378 e. The summed E-state index contributed by atoms with van der Waals surface area (Å²) in [6.07, 6.45) is 1.19. The van der Waals surface area contributed by atoms with Crippen LogP contribution in [0.25, 0.3) is 0 Å². The number of anilines is 1. The fourth-order valence-corrected chi connectivity index (χ4v) is 3.45. The van der Waals surface area contributed by atoms with E-state index in [-0.39, 0.29) is 6.04 Å². The molecular weight excluding hydrogens is 374 g/mol. The number of sulfone groups is 1. The Morgan fingerprint density at radius 2 is 1.76 bits per heavy atom. The second-order valence-electron chi connectivity index (χ2n) is 4.83. The Morgan fingerprint density at radius 3 is 2.29 bits per heavy atom. The van der Waals surface area contributed by atoms with Crippen molar-refractivity contribution in [1.82, 2.24) is 0 Å². The molecule has 0 amide bonds. The van der Waals surface area contributed by atoms with Crippen LogP contribution in [0.15, 0.2) is 51.8 Å². The van der Waals surface area contributed by atoms with Crippen LogP contribution < -0.4 is 5.32 Å². The first-order chi connectivity index (χ1) is 9.77. The highest BCUT2D eigenvalue weighted by Crippen LogP contribution is 2.28. The number of rotatable bonds is 4. The molecule has 0 heterocycles. The molecule has 0 saturated carbocycles. The van der Waals surface area contributed by atoms with Gasteiger partial charge in [-0.3, -0.25) is 0 Å². The number of nitrogens with one attached hydrogen (secondary N) is 1. The van der Waals surface area contributed by atoms with Crippen molar-refractivity contribution in [3.8, 4) is 0 Å². The second-order valence-corrected chi connectivity index (χ2v) is 8.17. The van der Waals surface area contributed by atoms with Crippen molar-refractivity contribution in [2.75, 3.05) is 11.6 Å². The summed E-state index contributed by atoms with van der Waals surface area (Å²) in [6.45, 7) is 2.00. The van der Waals surface area contributed by atoms with Crippen LogP contribution in [0.3, 0.4) is 0 Å². The first-order valence-corrected chi connectivity index (χ1v) is 9.35. The Balaban J connectivity index is 2.18. The molecular formula is C15H15BrClNO2S. The Labute approximate surface area is 138 Å². The van der Waals surface area contributed by atoms with Gasteiger partial charge in [-0.25, -0.2) is 8.42 Å². The summed E-state index contributed by atoms with van der Waals surface area (Å²) in [6, 6.07) is 12.4. The quantitative estimate of drug-likeness (QED) is 0.827. The molecule has 6 heteroatoms. The molecule has 1 N–H and O–H groups in total. The van der Waals surface area contributed by atoms with Crippen molar-refractivity contribution < 1.29 is 8.42 Å². The molecule has 2 aromatic carbocycles. The molecule has 0 aromatic heterocycles. The molecule has 0 bridgehead atoms. The van der Waals surface area contributed by atoms with Crippen molar-refractivity contribution in [3.63, 3.8) is 0 Å². The maximum atomic E-state index is 11.4. The second kappa shape index (κ2) is 6.38. The third kappa shape index (κ3) is 4.22. The lowest BCUT2D eigenvalue weighted by molar-refractivity contribution is 0.602. The van der Waals surface area contributed by atoms with E-state index < -0.39 is 9.84 Å². The van der Waals surface area contributed by atoms with E-state index in [9.17, 15) is 8.42 Å². The number of benzene rings is 2. The van der Waals surface area contributed by atoms with Crippen molar-refractivity contribution in [2.45, 2.75) is 17.9 Å². The molecule has 0 saturated heterocycles. The van der Waals surface area contributed by atoms with Crippen LogP contribution >= 0.6 is 27.5 Å². The summed E-state index contributed by atoms with van der Waals surface area (Å²) in [5, 5.41) is 3.98. The van der Waals surface area contributed by atoms with E-state index in [1.807, 2.05) is 25.1 Å². The van der Waals surface area contributed by atoms with Gasteiger partial charge in [-0.1, -0.05) is 33.6 Å². The van der Waals surface area contributed by atoms with E-state index in [4.69, 9.17) is 11.6 Å². The minimum atomic E-state index is -3.17. The summed E-state index contributed by atoms with van der Waals surface area (Å²) < 4.78 is 23.8. The fraction of sp³-hybridized carbons (Fsp3) is 0.200. The Bertz CT molecular complexity index is 745. The smallest absolute Gasteiger partial charge is 0.175 e. The van der Waals surface area contributed by atoms with Crippen molar-refractivity contribution in [3.05, 3.63) is 57.5 Å². The van der Waals surface area contributed by atoms with Gasteiger partial charge in [0.2, 0.25) is 0 Å². The monoisotopic (exact) mass is 387 g/mol. The minimum Gasteiger partial charge on any atom is -0.378 e. The highest BCUT2D eigenvalue weighted by molar-refractivity contribution is 9.10. The zero-order chi connectivity index (χ0) is 15.6. The average molecular weight is 389 g/mol. The molecule has 0 aliphatic rings. The fourth-order valence-electron chi connectivity index (χ4n) is 1.98. The van der Waals surface area contributed by atoms with Crippen molar-refractivity contribution in [2.24, 2.45) is 0 Å². The molecule has 0 fully saturated rings. The number of hydrogen-bond donors (Lipinski definition) is 1. The molecule has 1 atom stereocenters. The van der Waals surface area contributed by atoms with Crippen LogP contribution in [0, 0.1) is 0 Å². The van der Waals surface area contributed by atoms with Crippen molar-refractivity contribution >= 4 is 43.1 Å². The molecule has 2 aromatic rings. The van der Waals surface area contributed by atoms with Crippen LogP contribution in [0.5, 0.6) is 0 Å². The molecule has 2 rings (SSSR count). The van der Waals surface area contributed by atoms with Crippen LogP contribution in [0.4, 0.5) is 5.69 Å². The maximum Gasteiger partial charge on any atom is 0.175 e. The highest BCUT2D eigenvalue weighted by Gasteiger charge is 2.11. The van der Waals surface area contributed by atoms with Gasteiger partial charge in [0.15, 0.2) is 9.84 Å². The lowest BCUT2D eigenvalue weighted by Crippen LogP contribution is -2.07. The normalized spacial score (nSPS) is 13.0. The lowest BCUT2D eigenvalue weighted by Gasteiger charge is -2.17. The van der Waals surface area contributed by atoms with E-state index in [0.717, 1.165) is 15.7 Å². The zero-order valence-corrected chi connectivity index (χ0v) is 14.8. The molecule has 112 valence electrons. The van der Waals surface area contributed by atoms with Gasteiger partial charge in [-0.2, -0.15) is 0 Å². The first kappa shape index (κ1) is 16.3. The molecule has 0 aliphatic carbocycles. The Hall–Kier alpha value is -1.04. The lowest BCUT2D eigenvalue weighted by atomic mass is 10.1. The van der Waals surface area contributed by atoms with Gasteiger partial charge >= 0.3 is 0 Å². The van der Waals surface area contributed by atoms with E-state index in [0.29, 0.717) is 9.92 Å². The SMILES string of the molecule is CC(Nc1ccc(S(C)(=O)=O)cc1)c1ccc(Br)cc1Cl. The van der Waals surface area contributed by atoms with Gasteiger partial charge in [0.05, 0.1) is 4.90 Å². The summed E-state index contributed by atoms with van der Waals surface area (Å²) in [4.78, 5) is 0.308. The van der Waals surface area contributed by atoms with Gasteiger partial charge in [0, 0.05) is 27.5 Å². The van der Waals surface area contributed by atoms with E-state index >= 15 is 0 Å². The van der Waals surface area contributed by atoms with Gasteiger partial charge in [0.25, 0.3) is 0 Å². The minimum absolute atomic E-state index is 0.00897. The van der Waals surface area contributed by atoms with Gasteiger partial charge in [-0.15, -0.1) is 0 Å². The van der Waals surface area contributed by atoms with Crippen LogP contribution in [-0.2, 0) is 9.84 Å². The summed E-state index contributed by atoms with van der Waals surface area (Å²) in [5.41, 5.74) is 1.82. The Morgan fingerprint density at radius 1 is 1.14 bits per heavy atom. The van der Waals surface area contributed by atoms with Gasteiger partial charge in [-0.05, 0) is 48.9 Å². The maximum absolute atomic E-state index is 11.4. The molecule has 3 nitrogen and oxygen atoms in total. The van der Waals surface area contributed by atoms with Crippen LogP contribution in [0.1, 0.15) is 18.5 Å². The topological polar surface area (TPSA) is 46.2 Å². The van der Waals surface area contributed by atoms with Gasteiger partial charge < -0.3 is 5.32 Å². The molecule has 0 radical (unpaired) electrons. The summed E-state index contributed by atoms with van der Waals surface area (Å²) in [5.74, 6) is 0. The third-order valence-electron chi connectivity index (χ3n) is 3.09. The third-order valence-corrected chi connectivity index (χ3v) is 5.04. The highest BCUT2D eigenvalue weighted by atomic mass is 79.9. The summed E-state index contributed by atoms with van der Waals surface area (Å²) >= 11 is 9.60. The predicted molar refractivity (Wildman–Crippen MR) is 90.7 cm³/mol. The average Bonchev–Trinajstić information content (AvgIpc) is 2.38. The summed E-state index contributed by atoms with van der Waals surface area (Å²) in [7, 11) is -3.17. The van der Waals surface area contributed by atoms with E-state index in [1.165, 1.54) is 6.26 Å². The van der Waals surface area contributed by atoms with Crippen molar-refractivity contribution in [1.29, 1.82) is 0 Å². The zero-order valence-electron chi connectivity index (χ0n) is 11.6. The standard InChI is InChI=1S/C15H15BrClNO2S/c1-10(14-8-3-11(16)9-15(14)17)18-12-4-6-13(7-5-12)21(2,19)20/h3-10,18H,1-2H3. The van der Waals surface area contributed by atoms with Crippen LogP contribution in [-0.4, -0.2) is 14.7 Å². The number of halogens is 2. The van der Waals surface area contributed by atoms with Gasteiger partial charge in [0.1, 0.15) is 0 Å². The first-order valence-electron chi connectivity index (χ1n) is 6.29. The molecule has 1 unspecified atom stereocenters. The predicted octanol–water partition coefficient (Wildman–Crippen LogP) is 4.68. The van der Waals surface area contributed by atoms with E-state index in [2.05, 4.69) is 21.2 Å². The van der Waals surface area contributed by atoms with E-state index in [1.54, 1.807) is 24.3 Å². The Kier molecular flexibility index (Phi) is 4.96. The van der Waals surface area contributed by atoms with Crippen LogP contribution in [0.2, 0.25) is 5.02 Å².